The van der Waals surface area contributed by atoms with E-state index in [9.17, 15) is 9.59 Å². The van der Waals surface area contributed by atoms with E-state index in [4.69, 9.17) is 28.3 Å². The number of aliphatic carboxylic acids is 1. The summed E-state index contributed by atoms with van der Waals surface area (Å²) < 4.78 is 0. The SMILES string of the molecule is CNC(=O)NCC1CCN(Cc2cc(CN3CCC(C4CCN(CCCC(=O)O)CC4)CC3)cc(-c3cc(Cl)cc(Cl)c3)c2)CC1. The average molecular weight is 673 g/mol. The highest BCUT2D eigenvalue weighted by atomic mass is 35.5. The van der Waals surface area contributed by atoms with E-state index < -0.39 is 5.97 Å². The Hall–Kier alpha value is -2.36. The first-order chi connectivity index (χ1) is 22.2. The minimum absolute atomic E-state index is 0.107. The molecule has 3 aliphatic heterocycles. The van der Waals surface area contributed by atoms with Crippen molar-refractivity contribution in [3.8, 4) is 11.1 Å². The molecule has 0 unspecified atom stereocenters. The number of carboxylic acids is 1. The van der Waals surface area contributed by atoms with Gasteiger partial charge in [0.1, 0.15) is 0 Å². The van der Waals surface area contributed by atoms with Crippen LogP contribution in [0.25, 0.3) is 11.1 Å². The molecule has 2 aromatic rings. The average Bonchev–Trinajstić information content (AvgIpc) is 3.04. The summed E-state index contributed by atoms with van der Waals surface area (Å²) in [6.45, 7) is 10.0. The summed E-state index contributed by atoms with van der Waals surface area (Å²) in [5.41, 5.74) is 4.86. The normalized spacial score (nSPS) is 19.7. The summed E-state index contributed by atoms with van der Waals surface area (Å²) in [6, 6.07) is 12.7. The van der Waals surface area contributed by atoms with Gasteiger partial charge in [0, 0.05) is 43.1 Å². The number of likely N-dealkylation sites (tertiary alicyclic amines) is 3. The van der Waals surface area contributed by atoms with E-state index in [0.717, 1.165) is 108 Å². The highest BCUT2D eigenvalue weighted by Crippen LogP contribution is 2.34. The first kappa shape index (κ1) is 35.0. The number of hydrogen-bond acceptors (Lipinski definition) is 5. The molecule has 2 amide bonds. The summed E-state index contributed by atoms with van der Waals surface area (Å²) >= 11 is 12.8. The van der Waals surface area contributed by atoms with Crippen molar-refractivity contribution in [2.24, 2.45) is 17.8 Å². The molecule has 0 bridgehead atoms. The third-order valence-electron chi connectivity index (χ3n) is 10.3. The first-order valence-electron chi connectivity index (χ1n) is 17.2. The number of hydrogen-bond donors (Lipinski definition) is 3. The van der Waals surface area contributed by atoms with E-state index in [1.165, 1.54) is 36.8 Å². The molecule has 3 N–H and O–H groups in total. The second-order valence-electron chi connectivity index (χ2n) is 13.7. The fraction of sp³-hybridized carbons (Fsp3) is 0.611. The summed E-state index contributed by atoms with van der Waals surface area (Å²) in [4.78, 5) is 30.1. The molecule has 0 spiro atoms. The van der Waals surface area contributed by atoms with Crippen LogP contribution in [-0.2, 0) is 17.9 Å². The van der Waals surface area contributed by atoms with Gasteiger partial charge in [0.2, 0.25) is 0 Å². The fourth-order valence-electron chi connectivity index (χ4n) is 7.71. The van der Waals surface area contributed by atoms with Crippen molar-refractivity contribution in [1.29, 1.82) is 0 Å². The van der Waals surface area contributed by atoms with Crippen LogP contribution < -0.4 is 10.6 Å². The van der Waals surface area contributed by atoms with Gasteiger partial charge >= 0.3 is 12.0 Å². The zero-order chi connectivity index (χ0) is 32.5. The third-order valence-corrected chi connectivity index (χ3v) is 10.8. The van der Waals surface area contributed by atoms with Crippen LogP contribution in [0.3, 0.4) is 0 Å². The number of rotatable bonds is 12. The number of carbonyl (C=O) groups excluding carboxylic acids is 1. The molecule has 0 saturated carbocycles. The lowest BCUT2D eigenvalue weighted by Crippen LogP contribution is -2.41. The molecule has 0 aromatic heterocycles. The molecule has 0 aliphatic carbocycles. The predicted molar refractivity (Wildman–Crippen MR) is 186 cm³/mol. The number of benzene rings is 2. The van der Waals surface area contributed by atoms with Gasteiger partial charge in [-0.1, -0.05) is 29.3 Å². The molecular weight excluding hydrogens is 621 g/mol. The minimum atomic E-state index is -0.691. The van der Waals surface area contributed by atoms with Crippen molar-refractivity contribution in [2.45, 2.75) is 64.5 Å². The van der Waals surface area contributed by atoms with Gasteiger partial charge in [-0.05, 0) is 161 Å². The van der Waals surface area contributed by atoms with E-state index in [0.29, 0.717) is 16.0 Å². The highest BCUT2D eigenvalue weighted by Gasteiger charge is 2.29. The van der Waals surface area contributed by atoms with Gasteiger partial charge in [-0.3, -0.25) is 14.6 Å². The summed E-state index contributed by atoms with van der Waals surface area (Å²) in [7, 11) is 1.65. The standard InChI is InChI=1S/C36H51Cl2N5O3/c1-39-36(46)40-23-26-4-11-42(12-5-26)24-27-17-28(19-31(18-27)32-20-33(37)22-34(38)21-32)25-43-15-8-30(9-16-43)29-6-13-41(14-7-29)10-2-3-35(44)45/h17-22,26,29-30H,2-16,23-25H2,1H3,(H,44,45)(H2,39,40,46). The molecule has 46 heavy (non-hydrogen) atoms. The topological polar surface area (TPSA) is 88.2 Å². The smallest absolute Gasteiger partial charge is 0.314 e. The van der Waals surface area contributed by atoms with Crippen LogP contribution in [0.15, 0.2) is 36.4 Å². The molecular formula is C36H51Cl2N5O3. The molecule has 5 rings (SSSR count). The second-order valence-corrected chi connectivity index (χ2v) is 14.5. The zero-order valence-electron chi connectivity index (χ0n) is 27.3. The molecule has 0 radical (unpaired) electrons. The Labute approximate surface area is 284 Å². The molecule has 3 aliphatic rings. The monoisotopic (exact) mass is 671 g/mol. The number of carboxylic acid groups (broad SMARTS) is 1. The van der Waals surface area contributed by atoms with Crippen molar-refractivity contribution < 1.29 is 14.7 Å². The van der Waals surface area contributed by atoms with E-state index >= 15 is 0 Å². The van der Waals surface area contributed by atoms with Gasteiger partial charge in [-0.15, -0.1) is 0 Å². The Morgan fingerprint density at radius 2 is 1.24 bits per heavy atom. The van der Waals surface area contributed by atoms with Gasteiger partial charge in [0.05, 0.1) is 0 Å². The lowest BCUT2D eigenvalue weighted by Gasteiger charge is -2.40. The zero-order valence-corrected chi connectivity index (χ0v) is 28.8. The van der Waals surface area contributed by atoms with Gasteiger partial charge in [0.15, 0.2) is 0 Å². The number of nitrogens with one attached hydrogen (secondary N) is 2. The highest BCUT2D eigenvalue weighted by molar-refractivity contribution is 6.35. The Balaban J connectivity index is 1.17. The lowest BCUT2D eigenvalue weighted by atomic mass is 9.78. The molecule has 2 aromatic carbocycles. The maximum Gasteiger partial charge on any atom is 0.314 e. The van der Waals surface area contributed by atoms with Crippen LogP contribution in [-0.4, -0.2) is 91.2 Å². The van der Waals surface area contributed by atoms with Crippen molar-refractivity contribution in [3.05, 3.63) is 57.6 Å². The van der Waals surface area contributed by atoms with Gasteiger partial charge in [-0.2, -0.15) is 0 Å². The fourth-order valence-corrected chi connectivity index (χ4v) is 8.23. The predicted octanol–water partition coefficient (Wildman–Crippen LogP) is 6.59. The van der Waals surface area contributed by atoms with Crippen LogP contribution in [0.1, 0.15) is 62.5 Å². The molecule has 3 fully saturated rings. The Bertz CT molecular complexity index is 1280. The maximum absolute atomic E-state index is 11.6. The van der Waals surface area contributed by atoms with Crippen molar-refractivity contribution in [1.82, 2.24) is 25.3 Å². The van der Waals surface area contributed by atoms with Crippen LogP contribution in [0.5, 0.6) is 0 Å². The van der Waals surface area contributed by atoms with Gasteiger partial charge < -0.3 is 20.6 Å². The van der Waals surface area contributed by atoms with E-state index in [-0.39, 0.29) is 12.5 Å². The van der Waals surface area contributed by atoms with Crippen LogP contribution in [0, 0.1) is 17.8 Å². The third kappa shape index (κ3) is 10.6. The summed E-state index contributed by atoms with van der Waals surface area (Å²) in [5, 5.41) is 15.8. The van der Waals surface area contributed by atoms with E-state index in [1.807, 2.05) is 12.1 Å². The van der Waals surface area contributed by atoms with Crippen molar-refractivity contribution in [3.63, 3.8) is 0 Å². The largest absolute Gasteiger partial charge is 0.481 e. The van der Waals surface area contributed by atoms with Crippen LogP contribution in [0.2, 0.25) is 10.0 Å². The Kier molecular flexibility index (Phi) is 13.0. The van der Waals surface area contributed by atoms with Gasteiger partial charge in [0.25, 0.3) is 0 Å². The first-order valence-corrected chi connectivity index (χ1v) is 17.9. The number of amides is 2. The number of nitrogens with zero attached hydrogens (tertiary/aromatic N) is 3. The molecule has 8 nitrogen and oxygen atoms in total. The minimum Gasteiger partial charge on any atom is -0.481 e. The summed E-state index contributed by atoms with van der Waals surface area (Å²) in [5.74, 6) is 1.41. The number of halogens is 2. The second kappa shape index (κ2) is 17.2. The Morgan fingerprint density at radius 1 is 0.739 bits per heavy atom. The molecule has 252 valence electrons. The molecule has 10 heteroatoms. The number of urea groups is 1. The van der Waals surface area contributed by atoms with Crippen molar-refractivity contribution in [2.75, 3.05) is 59.4 Å². The lowest BCUT2D eigenvalue weighted by molar-refractivity contribution is -0.137. The molecule has 3 saturated heterocycles. The number of piperidine rings is 3. The number of carbonyl (C=O) groups is 2. The maximum atomic E-state index is 11.6. The molecule has 3 heterocycles. The van der Waals surface area contributed by atoms with Crippen LogP contribution >= 0.6 is 23.2 Å². The van der Waals surface area contributed by atoms with E-state index in [1.54, 1.807) is 13.1 Å². The van der Waals surface area contributed by atoms with Crippen molar-refractivity contribution >= 4 is 35.2 Å². The quantitative estimate of drug-likeness (QED) is 0.236. The van der Waals surface area contributed by atoms with E-state index in [2.05, 4.69) is 43.5 Å². The summed E-state index contributed by atoms with van der Waals surface area (Å²) in [6.07, 6.45) is 8.18. The molecule has 0 atom stereocenters. The Morgan fingerprint density at radius 3 is 1.76 bits per heavy atom. The van der Waals surface area contributed by atoms with Gasteiger partial charge in [-0.25, -0.2) is 4.79 Å². The van der Waals surface area contributed by atoms with Crippen LogP contribution in [0.4, 0.5) is 4.79 Å².